The molecule has 116 valence electrons. The van der Waals surface area contributed by atoms with Crippen molar-refractivity contribution < 1.29 is 19.4 Å². The summed E-state index contributed by atoms with van der Waals surface area (Å²) in [6, 6.07) is -0.439. The van der Waals surface area contributed by atoms with Crippen LogP contribution in [0.25, 0.3) is 0 Å². The molecule has 3 N–H and O–H groups in total. The Bertz CT molecular complexity index is 325. The molecule has 0 aromatic heterocycles. The predicted molar refractivity (Wildman–Crippen MR) is 74.7 cm³/mol. The molecular weight excluding hydrogens is 262 g/mol. The van der Waals surface area contributed by atoms with Crippen molar-refractivity contribution >= 4 is 12.0 Å². The van der Waals surface area contributed by atoms with Crippen LogP contribution in [0, 0.1) is 0 Å². The summed E-state index contributed by atoms with van der Waals surface area (Å²) in [6.07, 6.45) is 0.495. The molecule has 0 bridgehead atoms. The van der Waals surface area contributed by atoms with Crippen LogP contribution >= 0.6 is 0 Å². The normalized spacial score (nSPS) is 21.2. The van der Waals surface area contributed by atoms with E-state index in [1.165, 1.54) is 0 Å². The Balaban J connectivity index is 2.17. The van der Waals surface area contributed by atoms with Crippen molar-refractivity contribution in [2.24, 2.45) is 0 Å². The lowest BCUT2D eigenvalue weighted by Gasteiger charge is -2.32. The highest BCUT2D eigenvalue weighted by atomic mass is 16.5. The quantitative estimate of drug-likeness (QED) is 0.625. The third kappa shape index (κ3) is 6.72. The SMILES string of the molecule is CCN1CCOC(CNC(=O)NC(C)CCC(=O)O)C1. The molecular formula is C13H25N3O4. The van der Waals surface area contributed by atoms with Gasteiger partial charge in [-0.25, -0.2) is 4.79 Å². The Morgan fingerprint density at radius 3 is 2.90 bits per heavy atom. The van der Waals surface area contributed by atoms with Crippen LogP contribution in [-0.2, 0) is 9.53 Å². The summed E-state index contributed by atoms with van der Waals surface area (Å²) in [5.74, 6) is -0.852. The summed E-state index contributed by atoms with van der Waals surface area (Å²) in [5, 5.41) is 14.1. The van der Waals surface area contributed by atoms with Gasteiger partial charge >= 0.3 is 12.0 Å². The van der Waals surface area contributed by atoms with Crippen LogP contribution in [-0.4, -0.2) is 66.9 Å². The van der Waals surface area contributed by atoms with Gasteiger partial charge in [0, 0.05) is 32.1 Å². The Morgan fingerprint density at radius 1 is 1.50 bits per heavy atom. The zero-order valence-corrected chi connectivity index (χ0v) is 12.2. The molecule has 1 saturated heterocycles. The molecule has 7 nitrogen and oxygen atoms in total. The van der Waals surface area contributed by atoms with E-state index in [9.17, 15) is 9.59 Å². The molecule has 0 aliphatic carbocycles. The summed E-state index contributed by atoms with van der Waals surface area (Å²) >= 11 is 0. The zero-order chi connectivity index (χ0) is 15.0. The summed E-state index contributed by atoms with van der Waals surface area (Å²) in [4.78, 5) is 24.4. The van der Waals surface area contributed by atoms with Crippen molar-refractivity contribution in [3.63, 3.8) is 0 Å². The maximum atomic E-state index is 11.7. The molecule has 0 aromatic carbocycles. The Morgan fingerprint density at radius 2 is 2.25 bits per heavy atom. The van der Waals surface area contributed by atoms with E-state index in [-0.39, 0.29) is 24.6 Å². The van der Waals surface area contributed by atoms with E-state index in [0.29, 0.717) is 19.6 Å². The van der Waals surface area contributed by atoms with Gasteiger partial charge in [-0.15, -0.1) is 0 Å². The Labute approximate surface area is 119 Å². The summed E-state index contributed by atoms with van der Waals surface area (Å²) in [7, 11) is 0. The molecule has 0 saturated carbocycles. The average molecular weight is 287 g/mol. The number of rotatable bonds is 7. The highest BCUT2D eigenvalue weighted by Crippen LogP contribution is 2.03. The first kappa shape index (κ1) is 16.7. The Kier molecular flexibility index (Phi) is 7.32. The van der Waals surface area contributed by atoms with Crippen LogP contribution in [0.4, 0.5) is 4.79 Å². The number of ether oxygens (including phenoxy) is 1. The molecule has 0 aromatic rings. The molecule has 7 heteroatoms. The largest absolute Gasteiger partial charge is 0.481 e. The molecule has 1 aliphatic heterocycles. The van der Waals surface area contributed by atoms with Crippen molar-refractivity contribution in [2.75, 3.05) is 32.8 Å². The fraction of sp³-hybridized carbons (Fsp3) is 0.846. The van der Waals surface area contributed by atoms with Gasteiger partial charge in [0.25, 0.3) is 0 Å². The summed E-state index contributed by atoms with van der Waals surface area (Å²) in [6.45, 7) is 7.80. The maximum Gasteiger partial charge on any atom is 0.315 e. The number of amides is 2. The van der Waals surface area contributed by atoms with E-state index in [2.05, 4.69) is 22.5 Å². The second-order valence-electron chi connectivity index (χ2n) is 5.07. The van der Waals surface area contributed by atoms with Gasteiger partial charge in [0.2, 0.25) is 0 Å². The van der Waals surface area contributed by atoms with Crippen molar-refractivity contribution in [2.45, 2.75) is 38.8 Å². The van der Waals surface area contributed by atoms with Crippen LogP contribution in [0.5, 0.6) is 0 Å². The van der Waals surface area contributed by atoms with Gasteiger partial charge in [0.15, 0.2) is 0 Å². The third-order valence-electron chi connectivity index (χ3n) is 3.33. The number of carbonyl (C=O) groups excluding carboxylic acids is 1. The average Bonchev–Trinajstić information content (AvgIpc) is 2.43. The molecule has 1 aliphatic rings. The number of nitrogens with zero attached hydrogens (tertiary/aromatic N) is 1. The standard InChI is InChI=1S/C13H25N3O4/c1-3-16-6-7-20-11(9-16)8-14-13(19)15-10(2)4-5-12(17)18/h10-11H,3-9H2,1-2H3,(H,17,18)(H2,14,15,19). The number of aliphatic carboxylic acids is 1. The molecule has 1 heterocycles. The maximum absolute atomic E-state index is 11.7. The lowest BCUT2D eigenvalue weighted by atomic mass is 10.2. The van der Waals surface area contributed by atoms with Gasteiger partial charge < -0.3 is 20.5 Å². The van der Waals surface area contributed by atoms with Gasteiger partial charge in [-0.1, -0.05) is 6.92 Å². The van der Waals surface area contributed by atoms with E-state index in [1.54, 1.807) is 6.92 Å². The summed E-state index contributed by atoms with van der Waals surface area (Å²) in [5.41, 5.74) is 0. The molecule has 20 heavy (non-hydrogen) atoms. The van der Waals surface area contributed by atoms with Crippen LogP contribution in [0.15, 0.2) is 0 Å². The van der Waals surface area contributed by atoms with E-state index in [1.807, 2.05) is 0 Å². The fourth-order valence-corrected chi connectivity index (χ4v) is 2.08. The van der Waals surface area contributed by atoms with Gasteiger partial charge in [-0.3, -0.25) is 9.69 Å². The van der Waals surface area contributed by atoms with Gasteiger partial charge in [-0.2, -0.15) is 0 Å². The van der Waals surface area contributed by atoms with Gasteiger partial charge in [0.05, 0.1) is 12.7 Å². The Hall–Kier alpha value is -1.34. The minimum absolute atomic E-state index is 0.0174. The zero-order valence-electron chi connectivity index (χ0n) is 12.2. The number of hydrogen-bond donors (Lipinski definition) is 3. The van der Waals surface area contributed by atoms with Gasteiger partial charge in [-0.05, 0) is 19.9 Å². The molecule has 2 atom stereocenters. The van der Waals surface area contributed by atoms with Crippen LogP contribution in [0.2, 0.25) is 0 Å². The summed E-state index contributed by atoms with van der Waals surface area (Å²) < 4.78 is 5.58. The number of likely N-dealkylation sites (N-methyl/N-ethyl adjacent to an activating group) is 1. The minimum atomic E-state index is -0.852. The number of carbonyl (C=O) groups is 2. The number of nitrogens with one attached hydrogen (secondary N) is 2. The number of carboxylic acids is 1. The lowest BCUT2D eigenvalue weighted by Crippen LogP contribution is -2.49. The van der Waals surface area contributed by atoms with E-state index < -0.39 is 5.97 Å². The lowest BCUT2D eigenvalue weighted by molar-refractivity contribution is -0.137. The molecule has 1 fully saturated rings. The monoisotopic (exact) mass is 287 g/mol. The molecule has 0 radical (unpaired) electrons. The van der Waals surface area contributed by atoms with E-state index in [0.717, 1.165) is 19.6 Å². The topological polar surface area (TPSA) is 90.9 Å². The second-order valence-corrected chi connectivity index (χ2v) is 5.07. The van der Waals surface area contributed by atoms with Crippen LogP contribution in [0.3, 0.4) is 0 Å². The van der Waals surface area contributed by atoms with E-state index in [4.69, 9.17) is 9.84 Å². The fourth-order valence-electron chi connectivity index (χ4n) is 2.08. The third-order valence-corrected chi connectivity index (χ3v) is 3.33. The van der Waals surface area contributed by atoms with Crippen molar-refractivity contribution in [3.8, 4) is 0 Å². The molecule has 1 rings (SSSR count). The first-order chi connectivity index (χ1) is 9.51. The number of hydrogen-bond acceptors (Lipinski definition) is 4. The minimum Gasteiger partial charge on any atom is -0.481 e. The number of urea groups is 1. The number of carboxylic acid groups (broad SMARTS) is 1. The van der Waals surface area contributed by atoms with Crippen LogP contribution in [0.1, 0.15) is 26.7 Å². The highest BCUT2D eigenvalue weighted by molar-refractivity contribution is 5.74. The molecule has 0 spiro atoms. The van der Waals surface area contributed by atoms with Crippen molar-refractivity contribution in [3.05, 3.63) is 0 Å². The van der Waals surface area contributed by atoms with Gasteiger partial charge in [0.1, 0.15) is 0 Å². The highest BCUT2D eigenvalue weighted by Gasteiger charge is 2.19. The second kappa shape index (κ2) is 8.76. The van der Waals surface area contributed by atoms with Crippen molar-refractivity contribution in [1.82, 2.24) is 15.5 Å². The molecule has 2 amide bonds. The first-order valence-corrected chi connectivity index (χ1v) is 7.11. The van der Waals surface area contributed by atoms with Crippen molar-refractivity contribution in [1.29, 1.82) is 0 Å². The smallest absolute Gasteiger partial charge is 0.315 e. The number of morpholine rings is 1. The molecule has 2 unspecified atom stereocenters. The van der Waals surface area contributed by atoms with Crippen LogP contribution < -0.4 is 10.6 Å². The van der Waals surface area contributed by atoms with E-state index >= 15 is 0 Å². The predicted octanol–water partition coefficient (Wildman–Crippen LogP) is 0.260. The first-order valence-electron chi connectivity index (χ1n) is 7.11.